The molecule has 1 aromatic carbocycles. The van der Waals surface area contributed by atoms with Crippen LogP contribution in [0.2, 0.25) is 0 Å². The van der Waals surface area contributed by atoms with Crippen molar-refractivity contribution in [1.82, 2.24) is 0 Å². The predicted molar refractivity (Wildman–Crippen MR) is 76.7 cm³/mol. The van der Waals surface area contributed by atoms with Crippen molar-refractivity contribution < 1.29 is 29.3 Å². The van der Waals surface area contributed by atoms with Crippen molar-refractivity contribution in [3.8, 4) is 5.75 Å². The first-order chi connectivity index (χ1) is 10.5. The first-order valence-electron chi connectivity index (χ1n) is 6.67. The van der Waals surface area contributed by atoms with Gasteiger partial charge in [0.1, 0.15) is 24.0 Å². The molecule has 0 saturated heterocycles. The third-order valence-corrected chi connectivity index (χ3v) is 3.13. The number of hydrogen-bond acceptors (Lipinski definition) is 7. The minimum Gasteiger partial charge on any atom is -0.493 e. The highest BCUT2D eigenvalue weighted by Gasteiger charge is 2.23. The molecule has 2 aromatic rings. The summed E-state index contributed by atoms with van der Waals surface area (Å²) in [6.45, 7) is -0.789. The molecule has 118 valence electrons. The lowest BCUT2D eigenvalue weighted by atomic mass is 10.1. The number of Topliss-reactive ketones (excluding diaryl/α,β-unsaturated/α-hetero) is 1. The van der Waals surface area contributed by atoms with Crippen molar-refractivity contribution in [3.63, 3.8) is 0 Å². The average molecular weight is 308 g/mol. The third kappa shape index (κ3) is 3.91. The zero-order valence-corrected chi connectivity index (χ0v) is 11.6. The van der Waals surface area contributed by atoms with E-state index in [2.05, 4.69) is 0 Å². The first kappa shape index (κ1) is 16.2. The zero-order valence-electron chi connectivity index (χ0n) is 11.6. The Morgan fingerprint density at radius 3 is 2.68 bits per heavy atom. The number of aliphatic hydroxyl groups is 3. The summed E-state index contributed by atoms with van der Waals surface area (Å²) in [5.41, 5.74) is -0.0910. The molecule has 2 atom stereocenters. The number of rotatable bonds is 7. The van der Waals surface area contributed by atoms with Crippen LogP contribution in [0, 0.1) is 0 Å². The Bertz CT molecular complexity index is 706. The van der Waals surface area contributed by atoms with E-state index in [1.54, 1.807) is 24.3 Å². The second-order valence-corrected chi connectivity index (χ2v) is 4.73. The molecule has 0 aliphatic heterocycles. The molecule has 1 heterocycles. The quantitative estimate of drug-likeness (QED) is 0.609. The number of benzene rings is 1. The van der Waals surface area contributed by atoms with E-state index in [0.717, 1.165) is 5.39 Å². The van der Waals surface area contributed by atoms with Crippen LogP contribution in [0.15, 0.2) is 39.5 Å². The second-order valence-electron chi connectivity index (χ2n) is 4.73. The molecular formula is C15H16O7. The van der Waals surface area contributed by atoms with Crippen molar-refractivity contribution in [3.05, 3.63) is 40.8 Å². The Morgan fingerprint density at radius 2 is 1.95 bits per heavy atom. The molecule has 0 unspecified atom stereocenters. The maximum Gasteiger partial charge on any atom is 0.336 e. The smallest absolute Gasteiger partial charge is 0.336 e. The number of hydrogen-bond donors (Lipinski definition) is 3. The molecule has 2 rings (SSSR count). The number of ketones is 1. The highest BCUT2D eigenvalue weighted by atomic mass is 16.5. The standard InChI is InChI=1S/C15H16O7/c16-8-12(18)15(20)11(17)5-6-21-10-3-1-9-2-4-14(19)22-13(9)7-10/h1-4,7,11,15-17,20H,5-6,8H2/t11-,15+/m1/s1. The molecule has 3 N–H and O–H groups in total. The molecule has 0 fully saturated rings. The van der Waals surface area contributed by atoms with Gasteiger partial charge in [-0.15, -0.1) is 0 Å². The van der Waals surface area contributed by atoms with Gasteiger partial charge in [0.2, 0.25) is 0 Å². The lowest BCUT2D eigenvalue weighted by Gasteiger charge is -2.16. The molecule has 0 bridgehead atoms. The molecule has 0 spiro atoms. The minimum absolute atomic E-state index is 0.00365. The lowest BCUT2D eigenvalue weighted by molar-refractivity contribution is -0.136. The maximum atomic E-state index is 11.1. The molecule has 0 radical (unpaired) electrons. The first-order valence-corrected chi connectivity index (χ1v) is 6.67. The van der Waals surface area contributed by atoms with E-state index in [-0.39, 0.29) is 13.0 Å². The number of aliphatic hydroxyl groups excluding tert-OH is 3. The Labute approximate surface area is 125 Å². The summed E-state index contributed by atoms with van der Waals surface area (Å²) >= 11 is 0. The average Bonchev–Trinajstić information content (AvgIpc) is 2.52. The van der Waals surface area contributed by atoms with Gasteiger partial charge in [0.05, 0.1) is 12.7 Å². The van der Waals surface area contributed by atoms with Crippen LogP contribution in [0.3, 0.4) is 0 Å². The Morgan fingerprint density at radius 1 is 1.23 bits per heavy atom. The van der Waals surface area contributed by atoms with Crippen LogP contribution in [0.25, 0.3) is 11.0 Å². The van der Waals surface area contributed by atoms with Crippen molar-refractivity contribution in [1.29, 1.82) is 0 Å². The van der Waals surface area contributed by atoms with Crippen molar-refractivity contribution >= 4 is 16.8 Å². The highest BCUT2D eigenvalue weighted by molar-refractivity contribution is 5.84. The van der Waals surface area contributed by atoms with E-state index in [9.17, 15) is 19.8 Å². The van der Waals surface area contributed by atoms with Gasteiger partial charge in [-0.1, -0.05) is 0 Å². The monoisotopic (exact) mass is 308 g/mol. The summed E-state index contributed by atoms with van der Waals surface area (Å²) in [6.07, 6.45) is -2.95. The number of ether oxygens (including phenoxy) is 1. The van der Waals surface area contributed by atoms with Crippen LogP contribution in [0.5, 0.6) is 5.75 Å². The number of carbonyl (C=O) groups excluding carboxylic acids is 1. The lowest BCUT2D eigenvalue weighted by Crippen LogP contribution is -2.36. The Hall–Kier alpha value is -2.22. The van der Waals surface area contributed by atoms with Crippen molar-refractivity contribution in [2.24, 2.45) is 0 Å². The van der Waals surface area contributed by atoms with Gasteiger partial charge in [-0.05, 0) is 18.2 Å². The SMILES string of the molecule is O=C(CO)[C@@H](O)[C@H](O)CCOc1ccc2ccc(=O)oc2c1. The fourth-order valence-corrected chi connectivity index (χ4v) is 1.89. The molecule has 7 heteroatoms. The molecule has 22 heavy (non-hydrogen) atoms. The van der Waals surface area contributed by atoms with Crippen LogP contribution in [-0.4, -0.2) is 46.5 Å². The topological polar surface area (TPSA) is 117 Å². The summed E-state index contributed by atoms with van der Waals surface area (Å²) < 4.78 is 10.4. The summed E-state index contributed by atoms with van der Waals surface area (Å²) in [5, 5.41) is 28.3. The summed E-state index contributed by atoms with van der Waals surface area (Å²) in [6, 6.07) is 7.88. The van der Waals surface area contributed by atoms with E-state index in [1.165, 1.54) is 6.07 Å². The Balaban J connectivity index is 1.94. The Kier molecular flexibility index (Phi) is 5.26. The van der Waals surface area contributed by atoms with Gasteiger partial charge in [-0.2, -0.15) is 0 Å². The van der Waals surface area contributed by atoms with Crippen molar-refractivity contribution in [2.75, 3.05) is 13.2 Å². The van der Waals surface area contributed by atoms with E-state index >= 15 is 0 Å². The van der Waals surface area contributed by atoms with E-state index in [4.69, 9.17) is 14.3 Å². The largest absolute Gasteiger partial charge is 0.493 e. The van der Waals surface area contributed by atoms with E-state index in [1.807, 2.05) is 0 Å². The van der Waals surface area contributed by atoms with Gasteiger partial charge < -0.3 is 24.5 Å². The van der Waals surface area contributed by atoms with Crippen LogP contribution in [0.1, 0.15) is 6.42 Å². The molecule has 0 aliphatic rings. The molecule has 0 amide bonds. The molecular weight excluding hydrogens is 292 g/mol. The second kappa shape index (κ2) is 7.17. The highest BCUT2D eigenvalue weighted by Crippen LogP contribution is 2.19. The van der Waals surface area contributed by atoms with Crippen molar-refractivity contribution in [2.45, 2.75) is 18.6 Å². The fraction of sp³-hybridized carbons (Fsp3) is 0.333. The number of fused-ring (bicyclic) bond motifs is 1. The van der Waals surface area contributed by atoms with Crippen LogP contribution in [-0.2, 0) is 4.79 Å². The molecule has 0 saturated carbocycles. The van der Waals surface area contributed by atoms with Gasteiger partial charge in [0.25, 0.3) is 0 Å². The summed E-state index contributed by atoms with van der Waals surface area (Å²) in [7, 11) is 0. The third-order valence-electron chi connectivity index (χ3n) is 3.13. The predicted octanol–water partition coefficient (Wildman–Crippen LogP) is -0.155. The zero-order chi connectivity index (χ0) is 16.1. The number of carbonyl (C=O) groups is 1. The van der Waals surface area contributed by atoms with Gasteiger partial charge in [0.15, 0.2) is 5.78 Å². The van der Waals surface area contributed by atoms with Crippen LogP contribution in [0.4, 0.5) is 0 Å². The molecule has 7 nitrogen and oxygen atoms in total. The van der Waals surface area contributed by atoms with E-state index in [0.29, 0.717) is 11.3 Å². The van der Waals surface area contributed by atoms with Gasteiger partial charge in [-0.25, -0.2) is 4.79 Å². The summed E-state index contributed by atoms with van der Waals surface area (Å²) in [5.74, 6) is -0.419. The van der Waals surface area contributed by atoms with Gasteiger partial charge in [0, 0.05) is 23.9 Å². The van der Waals surface area contributed by atoms with Gasteiger partial charge in [-0.3, -0.25) is 4.79 Å². The van der Waals surface area contributed by atoms with Crippen LogP contribution < -0.4 is 10.4 Å². The van der Waals surface area contributed by atoms with Crippen LogP contribution >= 0.6 is 0 Å². The molecule has 0 aliphatic carbocycles. The normalized spacial score (nSPS) is 13.8. The van der Waals surface area contributed by atoms with E-state index < -0.39 is 30.2 Å². The minimum atomic E-state index is -1.64. The fourth-order valence-electron chi connectivity index (χ4n) is 1.89. The maximum absolute atomic E-state index is 11.1. The molecule has 1 aromatic heterocycles. The van der Waals surface area contributed by atoms with Gasteiger partial charge >= 0.3 is 5.63 Å². The summed E-state index contributed by atoms with van der Waals surface area (Å²) in [4.78, 5) is 22.2.